The van der Waals surface area contributed by atoms with Gasteiger partial charge in [0.25, 0.3) is 0 Å². The van der Waals surface area contributed by atoms with Crippen LogP contribution in [-0.2, 0) is 0 Å². The Labute approximate surface area is 154 Å². The van der Waals surface area contributed by atoms with Crippen LogP contribution in [0.3, 0.4) is 0 Å². The molecular formula is C19H24Cl2N2O. The lowest BCUT2D eigenvalue weighted by Gasteiger charge is -2.11. The van der Waals surface area contributed by atoms with Crippen LogP contribution in [0, 0.1) is 5.92 Å². The zero-order valence-electron chi connectivity index (χ0n) is 14.1. The topological polar surface area (TPSA) is 33.3 Å². The molecule has 2 N–H and O–H groups in total. The summed E-state index contributed by atoms with van der Waals surface area (Å²) in [6, 6.07) is 13.5. The van der Waals surface area contributed by atoms with Gasteiger partial charge in [0.1, 0.15) is 5.75 Å². The fourth-order valence-corrected chi connectivity index (χ4v) is 2.59. The average molecular weight is 367 g/mol. The van der Waals surface area contributed by atoms with Crippen molar-refractivity contribution in [2.45, 2.75) is 20.3 Å². The van der Waals surface area contributed by atoms with Crippen LogP contribution >= 0.6 is 23.2 Å². The lowest BCUT2D eigenvalue weighted by atomic mass is 10.1. The van der Waals surface area contributed by atoms with Gasteiger partial charge in [0.05, 0.1) is 17.3 Å². The molecule has 0 spiro atoms. The van der Waals surface area contributed by atoms with Crippen LogP contribution in [0.15, 0.2) is 42.5 Å². The fourth-order valence-electron chi connectivity index (χ4n) is 2.12. The Balaban J connectivity index is 1.70. The molecule has 0 fully saturated rings. The van der Waals surface area contributed by atoms with Crippen molar-refractivity contribution < 1.29 is 4.74 Å². The first-order valence-corrected chi connectivity index (χ1v) is 8.96. The van der Waals surface area contributed by atoms with Crippen molar-refractivity contribution >= 4 is 34.6 Å². The van der Waals surface area contributed by atoms with E-state index in [2.05, 4.69) is 24.5 Å². The highest BCUT2D eigenvalue weighted by molar-refractivity contribution is 6.36. The summed E-state index contributed by atoms with van der Waals surface area (Å²) in [4.78, 5) is 0. The Morgan fingerprint density at radius 1 is 0.958 bits per heavy atom. The first kappa shape index (κ1) is 18.8. The summed E-state index contributed by atoms with van der Waals surface area (Å²) in [5.41, 5.74) is 1.95. The van der Waals surface area contributed by atoms with Crippen LogP contribution in [0.1, 0.15) is 20.3 Å². The minimum absolute atomic E-state index is 0.630. The molecule has 5 heteroatoms. The van der Waals surface area contributed by atoms with Crippen molar-refractivity contribution in [2.75, 3.05) is 30.3 Å². The van der Waals surface area contributed by atoms with Crippen molar-refractivity contribution in [2.24, 2.45) is 5.92 Å². The summed E-state index contributed by atoms with van der Waals surface area (Å²) in [6.45, 7) is 6.69. The number of benzene rings is 2. The number of hydrogen-bond acceptors (Lipinski definition) is 3. The van der Waals surface area contributed by atoms with E-state index in [4.69, 9.17) is 27.9 Å². The number of nitrogens with one attached hydrogen (secondary N) is 2. The van der Waals surface area contributed by atoms with Crippen molar-refractivity contribution in [3.8, 4) is 5.75 Å². The molecule has 2 rings (SSSR count). The number of hydrogen-bond donors (Lipinski definition) is 2. The molecule has 0 saturated heterocycles. The Kier molecular flexibility index (Phi) is 7.54. The van der Waals surface area contributed by atoms with Crippen molar-refractivity contribution in [3.05, 3.63) is 52.5 Å². The lowest BCUT2D eigenvalue weighted by Crippen LogP contribution is -2.13. The molecule has 0 aliphatic carbocycles. The smallest absolute Gasteiger partial charge is 0.119 e. The predicted molar refractivity (Wildman–Crippen MR) is 105 cm³/mol. The molecule has 0 amide bonds. The van der Waals surface area contributed by atoms with Crippen LogP contribution in [-0.4, -0.2) is 19.7 Å². The highest BCUT2D eigenvalue weighted by Crippen LogP contribution is 2.25. The molecule has 0 radical (unpaired) electrons. The molecule has 0 aliphatic rings. The van der Waals surface area contributed by atoms with E-state index in [1.807, 2.05) is 36.4 Å². The Bertz CT molecular complexity index is 630. The minimum Gasteiger partial charge on any atom is -0.494 e. The van der Waals surface area contributed by atoms with Gasteiger partial charge in [-0.2, -0.15) is 0 Å². The highest BCUT2D eigenvalue weighted by atomic mass is 35.5. The zero-order chi connectivity index (χ0) is 17.4. The second-order valence-electron chi connectivity index (χ2n) is 6.03. The van der Waals surface area contributed by atoms with Gasteiger partial charge in [-0.15, -0.1) is 0 Å². The SMILES string of the molecule is CC(C)CCOc1ccc(NCCNc2ccc(Cl)cc2Cl)cc1. The van der Waals surface area contributed by atoms with E-state index in [0.717, 1.165) is 43.2 Å². The molecule has 0 aromatic heterocycles. The van der Waals surface area contributed by atoms with Gasteiger partial charge < -0.3 is 15.4 Å². The maximum atomic E-state index is 6.12. The van der Waals surface area contributed by atoms with Gasteiger partial charge in [0, 0.05) is 23.8 Å². The second kappa shape index (κ2) is 9.65. The number of rotatable bonds is 9. The molecule has 130 valence electrons. The summed E-state index contributed by atoms with van der Waals surface area (Å²) in [7, 11) is 0. The highest BCUT2D eigenvalue weighted by Gasteiger charge is 2.01. The quantitative estimate of drug-likeness (QED) is 0.538. The van der Waals surface area contributed by atoms with Crippen LogP contribution in [0.25, 0.3) is 0 Å². The number of halogens is 2. The van der Waals surface area contributed by atoms with Crippen LogP contribution in [0.5, 0.6) is 5.75 Å². The fraction of sp³-hybridized carbons (Fsp3) is 0.368. The normalized spacial score (nSPS) is 10.7. The van der Waals surface area contributed by atoms with Gasteiger partial charge in [-0.05, 0) is 54.8 Å². The van der Waals surface area contributed by atoms with E-state index in [-0.39, 0.29) is 0 Å². The summed E-state index contributed by atoms with van der Waals surface area (Å²) < 4.78 is 5.71. The van der Waals surface area contributed by atoms with Gasteiger partial charge in [0.2, 0.25) is 0 Å². The molecule has 3 nitrogen and oxygen atoms in total. The van der Waals surface area contributed by atoms with Gasteiger partial charge in [-0.3, -0.25) is 0 Å². The monoisotopic (exact) mass is 366 g/mol. The number of anilines is 2. The molecule has 2 aromatic rings. The Morgan fingerprint density at radius 3 is 2.33 bits per heavy atom. The molecule has 0 aliphatic heterocycles. The molecule has 2 aromatic carbocycles. The van der Waals surface area contributed by atoms with E-state index in [1.54, 1.807) is 6.07 Å². The van der Waals surface area contributed by atoms with E-state index in [1.165, 1.54) is 0 Å². The Hall–Kier alpha value is -1.58. The van der Waals surface area contributed by atoms with Gasteiger partial charge in [0.15, 0.2) is 0 Å². The zero-order valence-corrected chi connectivity index (χ0v) is 15.6. The molecule has 0 unspecified atom stereocenters. The molecule has 0 atom stereocenters. The van der Waals surface area contributed by atoms with E-state index in [0.29, 0.717) is 16.0 Å². The maximum Gasteiger partial charge on any atom is 0.119 e. The van der Waals surface area contributed by atoms with Gasteiger partial charge >= 0.3 is 0 Å². The summed E-state index contributed by atoms with van der Waals surface area (Å²) in [6.07, 6.45) is 1.07. The third kappa shape index (κ3) is 6.50. The summed E-state index contributed by atoms with van der Waals surface area (Å²) in [5, 5.41) is 7.91. The molecular weight excluding hydrogens is 343 g/mol. The third-order valence-electron chi connectivity index (χ3n) is 3.52. The third-order valence-corrected chi connectivity index (χ3v) is 4.07. The van der Waals surface area contributed by atoms with Gasteiger partial charge in [-0.25, -0.2) is 0 Å². The van der Waals surface area contributed by atoms with Crippen molar-refractivity contribution in [1.29, 1.82) is 0 Å². The van der Waals surface area contributed by atoms with E-state index >= 15 is 0 Å². The molecule has 0 heterocycles. The first-order valence-electron chi connectivity index (χ1n) is 8.20. The minimum atomic E-state index is 0.630. The van der Waals surface area contributed by atoms with Crippen LogP contribution in [0.2, 0.25) is 10.0 Å². The molecule has 0 saturated carbocycles. The number of ether oxygens (including phenoxy) is 1. The lowest BCUT2D eigenvalue weighted by molar-refractivity contribution is 0.289. The van der Waals surface area contributed by atoms with E-state index in [9.17, 15) is 0 Å². The largest absolute Gasteiger partial charge is 0.494 e. The van der Waals surface area contributed by atoms with Gasteiger partial charge in [-0.1, -0.05) is 37.0 Å². The predicted octanol–water partition coefficient (Wildman–Crippen LogP) is 5.94. The summed E-state index contributed by atoms with van der Waals surface area (Å²) in [5.74, 6) is 1.57. The van der Waals surface area contributed by atoms with Crippen molar-refractivity contribution in [3.63, 3.8) is 0 Å². The maximum absolute atomic E-state index is 6.12. The van der Waals surface area contributed by atoms with Crippen LogP contribution in [0.4, 0.5) is 11.4 Å². The molecule has 0 bridgehead atoms. The molecule has 24 heavy (non-hydrogen) atoms. The van der Waals surface area contributed by atoms with Crippen molar-refractivity contribution in [1.82, 2.24) is 0 Å². The summed E-state index contributed by atoms with van der Waals surface area (Å²) >= 11 is 12.0. The second-order valence-corrected chi connectivity index (χ2v) is 6.88. The van der Waals surface area contributed by atoms with Crippen LogP contribution < -0.4 is 15.4 Å². The average Bonchev–Trinajstić information content (AvgIpc) is 2.54. The van der Waals surface area contributed by atoms with E-state index < -0.39 is 0 Å². The first-order chi connectivity index (χ1) is 11.5. The standard InChI is InChI=1S/C19H24Cl2N2O/c1-14(2)9-12-24-17-6-4-16(5-7-17)22-10-11-23-19-8-3-15(20)13-18(19)21/h3-8,13-14,22-23H,9-12H2,1-2H3. The Morgan fingerprint density at radius 2 is 1.67 bits per heavy atom.